The van der Waals surface area contributed by atoms with Gasteiger partial charge in [-0.05, 0) is 60.5 Å². The number of aryl methyl sites for hydroxylation is 1. The fraction of sp³-hybridized carbons (Fsp3) is 0.120. The summed E-state index contributed by atoms with van der Waals surface area (Å²) < 4.78 is 7.11. The van der Waals surface area contributed by atoms with Crippen molar-refractivity contribution in [3.63, 3.8) is 0 Å². The van der Waals surface area contributed by atoms with E-state index in [-0.39, 0.29) is 29.4 Å². The fourth-order valence-corrected chi connectivity index (χ4v) is 4.09. The number of carbonyl (C=O) groups is 2. The maximum atomic E-state index is 13.4. The van der Waals surface area contributed by atoms with Crippen molar-refractivity contribution in [2.45, 2.75) is 20.1 Å². The smallest absolute Gasteiger partial charge is 0.274 e. The van der Waals surface area contributed by atoms with Gasteiger partial charge in [-0.25, -0.2) is 9.67 Å². The minimum Gasteiger partial charge on any atom is -0.370 e. The van der Waals surface area contributed by atoms with Crippen LogP contribution in [0.25, 0.3) is 5.82 Å². The number of pyridine rings is 1. The monoisotopic (exact) mass is 543 g/mol. The Kier molecular flexibility index (Phi) is 7.91. The summed E-state index contributed by atoms with van der Waals surface area (Å²) in [4.78, 5) is 29.6. The molecule has 0 saturated carbocycles. The van der Waals surface area contributed by atoms with Gasteiger partial charge in [0.05, 0.1) is 35.2 Å². The predicted molar refractivity (Wildman–Crippen MR) is 139 cm³/mol. The lowest BCUT2D eigenvalue weighted by atomic mass is 10.1. The van der Waals surface area contributed by atoms with Crippen LogP contribution in [0.2, 0.25) is 15.1 Å². The topological polar surface area (TPSA) is 112 Å². The van der Waals surface area contributed by atoms with E-state index in [1.54, 1.807) is 43.3 Å². The molecule has 4 rings (SSSR count). The van der Waals surface area contributed by atoms with E-state index in [4.69, 9.17) is 45.3 Å². The summed E-state index contributed by atoms with van der Waals surface area (Å²) in [5.74, 6) is -1.02. The molecule has 0 aliphatic heterocycles. The molecule has 184 valence electrons. The number of nitrogens with one attached hydrogen (secondary N) is 1. The minimum absolute atomic E-state index is 0.0850. The molecule has 2 aromatic carbocycles. The highest BCUT2D eigenvalue weighted by Gasteiger charge is 2.22. The van der Waals surface area contributed by atoms with Crippen LogP contribution in [0.15, 0.2) is 60.8 Å². The number of hydrogen-bond donors (Lipinski definition) is 2. The van der Waals surface area contributed by atoms with E-state index < -0.39 is 11.8 Å². The summed E-state index contributed by atoms with van der Waals surface area (Å²) in [5, 5.41) is 8.50. The number of ether oxygens (including phenoxy) is 1. The number of amides is 2. The van der Waals surface area contributed by atoms with Gasteiger partial charge in [0.2, 0.25) is 0 Å². The van der Waals surface area contributed by atoms with Crippen molar-refractivity contribution >= 4 is 52.3 Å². The van der Waals surface area contributed by atoms with E-state index in [2.05, 4.69) is 15.4 Å². The first-order chi connectivity index (χ1) is 17.2. The maximum Gasteiger partial charge on any atom is 0.274 e. The second kappa shape index (κ2) is 11.1. The highest BCUT2D eigenvalue weighted by molar-refractivity contribution is 6.32. The van der Waals surface area contributed by atoms with Crippen molar-refractivity contribution in [2.24, 2.45) is 5.73 Å². The second-order valence-electron chi connectivity index (χ2n) is 7.82. The van der Waals surface area contributed by atoms with Crippen LogP contribution in [0.1, 0.15) is 37.7 Å². The van der Waals surface area contributed by atoms with Crippen LogP contribution in [-0.2, 0) is 18.0 Å². The van der Waals surface area contributed by atoms with E-state index in [1.807, 2.05) is 12.1 Å². The Morgan fingerprint density at radius 1 is 1.03 bits per heavy atom. The van der Waals surface area contributed by atoms with Crippen molar-refractivity contribution in [3.8, 4) is 5.82 Å². The molecular weight excluding hydrogens is 525 g/mol. The number of rotatable bonds is 8. The van der Waals surface area contributed by atoms with Gasteiger partial charge in [-0.15, -0.1) is 0 Å². The molecule has 0 aliphatic carbocycles. The molecule has 0 aliphatic rings. The number of halogens is 3. The Bertz CT molecular complexity index is 1440. The highest BCUT2D eigenvalue weighted by Crippen LogP contribution is 2.27. The van der Waals surface area contributed by atoms with Gasteiger partial charge in [-0.2, -0.15) is 5.10 Å². The van der Waals surface area contributed by atoms with Gasteiger partial charge in [0, 0.05) is 16.2 Å². The first-order valence-corrected chi connectivity index (χ1v) is 11.8. The summed E-state index contributed by atoms with van der Waals surface area (Å²) in [5.41, 5.74) is 7.94. The molecule has 4 aromatic rings. The molecule has 0 bridgehead atoms. The molecule has 3 N–H and O–H groups in total. The van der Waals surface area contributed by atoms with Gasteiger partial charge in [0.1, 0.15) is 5.69 Å². The van der Waals surface area contributed by atoms with E-state index in [1.165, 1.54) is 16.9 Å². The van der Waals surface area contributed by atoms with E-state index in [0.717, 1.165) is 5.56 Å². The Labute approximate surface area is 221 Å². The summed E-state index contributed by atoms with van der Waals surface area (Å²) in [6.45, 7) is 2.14. The molecule has 0 radical (unpaired) electrons. The van der Waals surface area contributed by atoms with Crippen LogP contribution in [0.5, 0.6) is 0 Å². The molecular formula is C25H20Cl3N5O3. The third-order valence-corrected chi connectivity index (χ3v) is 5.93. The van der Waals surface area contributed by atoms with Crippen molar-refractivity contribution in [1.29, 1.82) is 0 Å². The third-order valence-electron chi connectivity index (χ3n) is 5.17. The summed E-state index contributed by atoms with van der Waals surface area (Å²) in [6.07, 6.45) is 1.54. The van der Waals surface area contributed by atoms with Gasteiger partial charge in [0.25, 0.3) is 11.8 Å². The Morgan fingerprint density at radius 2 is 1.78 bits per heavy atom. The van der Waals surface area contributed by atoms with E-state index in [0.29, 0.717) is 32.9 Å². The second-order valence-corrected chi connectivity index (χ2v) is 9.10. The molecule has 11 heteroatoms. The first-order valence-electron chi connectivity index (χ1n) is 10.7. The summed E-state index contributed by atoms with van der Waals surface area (Å²) in [7, 11) is 0. The number of anilines is 1. The number of aromatic nitrogens is 3. The Hall–Kier alpha value is -3.43. The molecule has 0 fully saturated rings. The van der Waals surface area contributed by atoms with Crippen LogP contribution in [0, 0.1) is 6.92 Å². The molecule has 2 heterocycles. The van der Waals surface area contributed by atoms with Crippen LogP contribution < -0.4 is 11.1 Å². The van der Waals surface area contributed by atoms with Crippen LogP contribution in [-0.4, -0.2) is 26.6 Å². The first kappa shape index (κ1) is 25.7. The summed E-state index contributed by atoms with van der Waals surface area (Å²) in [6, 6.07) is 15.2. The number of nitrogens with zero attached hydrogens (tertiary/aromatic N) is 3. The lowest BCUT2D eigenvalue weighted by Crippen LogP contribution is -2.21. The number of carbonyl (C=O) groups excluding carboxylic acids is 2. The molecule has 0 unspecified atom stereocenters. The zero-order valence-electron chi connectivity index (χ0n) is 19.0. The standard InChI is InChI=1S/C25H20Cl3N5O3/c1-14-9-17(27)10-19(23(29)34)22(14)31-25(35)21-11-18(13-36-12-15-4-6-16(26)7-5-15)32-33(21)24-20(28)3-2-8-30-24/h2-11H,12-13H2,1H3,(H2,29,34)(H,31,35). The van der Waals surface area contributed by atoms with Crippen molar-refractivity contribution in [2.75, 3.05) is 5.32 Å². The number of hydrogen-bond acceptors (Lipinski definition) is 5. The van der Waals surface area contributed by atoms with E-state index >= 15 is 0 Å². The number of nitrogens with two attached hydrogens (primary N) is 1. The molecule has 0 spiro atoms. The van der Waals surface area contributed by atoms with Gasteiger partial charge in [-0.1, -0.05) is 46.9 Å². The molecule has 8 nitrogen and oxygen atoms in total. The van der Waals surface area contributed by atoms with Gasteiger partial charge in [-0.3, -0.25) is 9.59 Å². The molecule has 36 heavy (non-hydrogen) atoms. The Balaban J connectivity index is 1.64. The van der Waals surface area contributed by atoms with Crippen LogP contribution in [0.3, 0.4) is 0 Å². The van der Waals surface area contributed by atoms with Gasteiger partial charge >= 0.3 is 0 Å². The lowest BCUT2D eigenvalue weighted by molar-refractivity contribution is 0.100. The van der Waals surface area contributed by atoms with Crippen LogP contribution >= 0.6 is 34.8 Å². The maximum absolute atomic E-state index is 13.4. The van der Waals surface area contributed by atoms with Crippen LogP contribution in [0.4, 0.5) is 5.69 Å². The third kappa shape index (κ3) is 5.85. The normalized spacial score (nSPS) is 10.9. The predicted octanol–water partition coefficient (Wildman–Crippen LogP) is 5.60. The zero-order chi connectivity index (χ0) is 25.8. The zero-order valence-corrected chi connectivity index (χ0v) is 21.2. The minimum atomic E-state index is -0.728. The SMILES string of the molecule is Cc1cc(Cl)cc(C(N)=O)c1NC(=O)c1cc(COCc2ccc(Cl)cc2)nn1-c1ncccc1Cl. The van der Waals surface area contributed by atoms with Crippen molar-refractivity contribution in [3.05, 3.63) is 104 Å². The highest BCUT2D eigenvalue weighted by atomic mass is 35.5. The molecule has 0 atom stereocenters. The van der Waals surface area contributed by atoms with Crippen molar-refractivity contribution < 1.29 is 14.3 Å². The number of benzene rings is 2. The fourth-order valence-electron chi connectivity index (χ4n) is 3.49. The van der Waals surface area contributed by atoms with Gasteiger partial charge in [0.15, 0.2) is 5.82 Å². The molecule has 2 amide bonds. The average molecular weight is 545 g/mol. The molecule has 0 saturated heterocycles. The summed E-state index contributed by atoms with van der Waals surface area (Å²) >= 11 is 18.3. The molecule has 2 aromatic heterocycles. The lowest BCUT2D eigenvalue weighted by Gasteiger charge is -2.13. The largest absolute Gasteiger partial charge is 0.370 e. The Morgan fingerprint density at radius 3 is 2.47 bits per heavy atom. The van der Waals surface area contributed by atoms with Crippen molar-refractivity contribution in [1.82, 2.24) is 14.8 Å². The van der Waals surface area contributed by atoms with Gasteiger partial charge < -0.3 is 15.8 Å². The quantitative estimate of drug-likeness (QED) is 0.300. The average Bonchev–Trinajstić information content (AvgIpc) is 3.26. The number of primary amides is 1. The van der Waals surface area contributed by atoms with E-state index in [9.17, 15) is 9.59 Å².